The van der Waals surface area contributed by atoms with Crippen molar-refractivity contribution in [2.24, 2.45) is 7.05 Å². The number of aromatic nitrogens is 4. The molecule has 1 saturated heterocycles. The van der Waals surface area contributed by atoms with Crippen molar-refractivity contribution in [3.8, 4) is 0 Å². The highest BCUT2D eigenvalue weighted by atomic mass is 15.4. The Balaban J connectivity index is 1.84. The molecule has 0 aliphatic carbocycles. The van der Waals surface area contributed by atoms with Gasteiger partial charge in [-0.1, -0.05) is 6.42 Å². The van der Waals surface area contributed by atoms with Crippen LogP contribution < -0.4 is 0 Å². The van der Waals surface area contributed by atoms with Gasteiger partial charge in [0.05, 0.1) is 18.1 Å². The van der Waals surface area contributed by atoms with E-state index in [2.05, 4.69) is 70.4 Å². The van der Waals surface area contributed by atoms with E-state index in [1.807, 2.05) is 0 Å². The van der Waals surface area contributed by atoms with E-state index in [0.717, 1.165) is 18.9 Å². The van der Waals surface area contributed by atoms with Gasteiger partial charge in [0, 0.05) is 18.9 Å². The number of aryl methyl sites for hydroxylation is 1. The lowest BCUT2D eigenvalue weighted by molar-refractivity contribution is 0.126. The molecule has 1 unspecified atom stereocenters. The Kier molecular flexibility index (Phi) is 4.08. The molecular weight excluding hydrogens is 274 g/mol. The summed E-state index contributed by atoms with van der Waals surface area (Å²) in [4.78, 5) is 7.08. The van der Waals surface area contributed by atoms with Crippen molar-refractivity contribution < 1.29 is 0 Å². The minimum atomic E-state index is -0.0257. The second-order valence-corrected chi connectivity index (χ2v) is 7.28. The van der Waals surface area contributed by atoms with Gasteiger partial charge in [0.25, 0.3) is 0 Å². The van der Waals surface area contributed by atoms with Crippen molar-refractivity contribution in [3.63, 3.8) is 0 Å². The number of piperidine rings is 1. The number of likely N-dealkylation sites (tertiary alicyclic amines) is 1. The fourth-order valence-electron chi connectivity index (χ4n) is 3.45. The van der Waals surface area contributed by atoms with Crippen molar-refractivity contribution in [1.29, 1.82) is 0 Å². The van der Waals surface area contributed by atoms with Gasteiger partial charge < -0.3 is 4.57 Å². The zero-order valence-corrected chi connectivity index (χ0v) is 14.2. The van der Waals surface area contributed by atoms with Crippen LogP contribution in [0.3, 0.4) is 0 Å². The fraction of sp³-hybridized carbons (Fsp3) is 0.647. The van der Waals surface area contributed by atoms with Gasteiger partial charge in [0.2, 0.25) is 0 Å². The Bertz CT molecular complexity index is 619. The first-order chi connectivity index (χ1) is 10.5. The molecule has 22 heavy (non-hydrogen) atoms. The van der Waals surface area contributed by atoms with E-state index < -0.39 is 0 Å². The normalized spacial score (nSPS) is 20.5. The summed E-state index contributed by atoms with van der Waals surface area (Å²) in [6, 6.07) is 4.87. The van der Waals surface area contributed by atoms with Gasteiger partial charge in [0.1, 0.15) is 12.2 Å². The van der Waals surface area contributed by atoms with Crippen molar-refractivity contribution in [1.82, 2.24) is 24.2 Å². The standard InChI is InChI=1S/C17H27N5/c1-17(2,3)22-16(18-13-19-22)12-21-11-6-5-8-15(21)14-9-7-10-20(14)4/h7,9-10,13,15H,5-6,8,11-12H2,1-4H3. The maximum absolute atomic E-state index is 4.52. The van der Waals surface area contributed by atoms with E-state index in [-0.39, 0.29) is 5.54 Å². The van der Waals surface area contributed by atoms with E-state index in [0.29, 0.717) is 6.04 Å². The molecule has 0 aromatic carbocycles. The van der Waals surface area contributed by atoms with Gasteiger partial charge >= 0.3 is 0 Å². The molecule has 5 nitrogen and oxygen atoms in total. The van der Waals surface area contributed by atoms with Crippen LogP contribution in [0.4, 0.5) is 0 Å². The highest BCUT2D eigenvalue weighted by Crippen LogP contribution is 2.32. The first-order valence-corrected chi connectivity index (χ1v) is 8.21. The monoisotopic (exact) mass is 301 g/mol. The van der Waals surface area contributed by atoms with Gasteiger partial charge in [-0.2, -0.15) is 5.10 Å². The number of rotatable bonds is 3. The van der Waals surface area contributed by atoms with Crippen LogP contribution in [0.2, 0.25) is 0 Å². The van der Waals surface area contributed by atoms with E-state index in [9.17, 15) is 0 Å². The maximum Gasteiger partial charge on any atom is 0.141 e. The molecule has 5 heteroatoms. The van der Waals surface area contributed by atoms with Crippen LogP contribution in [0, 0.1) is 0 Å². The molecule has 2 aromatic heterocycles. The van der Waals surface area contributed by atoms with Gasteiger partial charge in [-0.25, -0.2) is 9.67 Å². The molecular formula is C17H27N5. The molecule has 3 rings (SSSR count). The summed E-state index contributed by atoms with van der Waals surface area (Å²) in [6.45, 7) is 8.53. The van der Waals surface area contributed by atoms with Crippen LogP contribution >= 0.6 is 0 Å². The Labute approximate surface area is 133 Å². The third-order valence-corrected chi connectivity index (χ3v) is 4.54. The molecule has 0 radical (unpaired) electrons. The quantitative estimate of drug-likeness (QED) is 0.874. The molecule has 2 aromatic rings. The summed E-state index contributed by atoms with van der Waals surface area (Å²) in [6.07, 6.45) is 7.62. The highest BCUT2D eigenvalue weighted by molar-refractivity contribution is 5.13. The van der Waals surface area contributed by atoms with E-state index in [4.69, 9.17) is 0 Å². The van der Waals surface area contributed by atoms with Gasteiger partial charge in [-0.3, -0.25) is 4.90 Å². The summed E-state index contributed by atoms with van der Waals surface area (Å²) >= 11 is 0. The zero-order chi connectivity index (χ0) is 15.7. The number of hydrogen-bond donors (Lipinski definition) is 0. The first kappa shape index (κ1) is 15.3. The molecule has 0 saturated carbocycles. The van der Waals surface area contributed by atoms with Crippen LogP contribution in [-0.2, 0) is 19.1 Å². The summed E-state index contributed by atoms with van der Waals surface area (Å²) in [5.41, 5.74) is 1.38. The lowest BCUT2D eigenvalue weighted by Crippen LogP contribution is -2.36. The summed E-state index contributed by atoms with van der Waals surface area (Å²) < 4.78 is 4.31. The predicted octanol–water partition coefficient (Wildman–Crippen LogP) is 3.10. The van der Waals surface area contributed by atoms with Crippen molar-refractivity contribution >= 4 is 0 Å². The van der Waals surface area contributed by atoms with Crippen LogP contribution in [0.5, 0.6) is 0 Å². The lowest BCUT2D eigenvalue weighted by Gasteiger charge is -2.36. The van der Waals surface area contributed by atoms with Gasteiger partial charge in [0.15, 0.2) is 0 Å². The van der Waals surface area contributed by atoms with Crippen LogP contribution in [0.1, 0.15) is 57.6 Å². The topological polar surface area (TPSA) is 38.9 Å². The van der Waals surface area contributed by atoms with Gasteiger partial charge in [-0.05, 0) is 52.3 Å². The van der Waals surface area contributed by atoms with Crippen LogP contribution in [0.25, 0.3) is 0 Å². The van der Waals surface area contributed by atoms with E-state index in [1.165, 1.54) is 25.0 Å². The Hall–Kier alpha value is -1.62. The summed E-state index contributed by atoms with van der Waals surface area (Å²) in [7, 11) is 2.14. The van der Waals surface area contributed by atoms with Crippen molar-refractivity contribution in [3.05, 3.63) is 36.2 Å². The molecule has 1 aliphatic rings. The molecule has 0 N–H and O–H groups in total. The Morgan fingerprint density at radius 2 is 2.09 bits per heavy atom. The third kappa shape index (κ3) is 2.95. The highest BCUT2D eigenvalue weighted by Gasteiger charge is 2.28. The second kappa shape index (κ2) is 5.88. The molecule has 1 aliphatic heterocycles. The van der Waals surface area contributed by atoms with Crippen molar-refractivity contribution in [2.45, 2.75) is 58.2 Å². The molecule has 1 fully saturated rings. The van der Waals surface area contributed by atoms with Gasteiger partial charge in [-0.15, -0.1) is 0 Å². The van der Waals surface area contributed by atoms with Crippen molar-refractivity contribution in [2.75, 3.05) is 6.54 Å². The SMILES string of the molecule is Cn1cccc1C1CCCCN1Cc1ncnn1C(C)(C)C. The largest absolute Gasteiger partial charge is 0.353 e. The Morgan fingerprint density at radius 1 is 1.27 bits per heavy atom. The molecule has 1 atom stereocenters. The average Bonchev–Trinajstić information content (AvgIpc) is 3.08. The second-order valence-electron chi connectivity index (χ2n) is 7.28. The van der Waals surface area contributed by atoms with E-state index >= 15 is 0 Å². The third-order valence-electron chi connectivity index (χ3n) is 4.54. The lowest BCUT2D eigenvalue weighted by atomic mass is 9.99. The molecule has 0 amide bonds. The minimum Gasteiger partial charge on any atom is -0.353 e. The smallest absolute Gasteiger partial charge is 0.141 e. The molecule has 0 spiro atoms. The molecule has 3 heterocycles. The maximum atomic E-state index is 4.52. The summed E-state index contributed by atoms with van der Waals surface area (Å²) in [5, 5.41) is 4.43. The summed E-state index contributed by atoms with van der Waals surface area (Å²) in [5.74, 6) is 1.06. The fourth-order valence-corrected chi connectivity index (χ4v) is 3.45. The minimum absolute atomic E-state index is 0.0257. The number of hydrogen-bond acceptors (Lipinski definition) is 3. The number of nitrogens with zero attached hydrogens (tertiary/aromatic N) is 5. The van der Waals surface area contributed by atoms with Crippen LogP contribution in [0.15, 0.2) is 24.7 Å². The molecule has 120 valence electrons. The average molecular weight is 301 g/mol. The zero-order valence-electron chi connectivity index (χ0n) is 14.2. The predicted molar refractivity (Wildman–Crippen MR) is 87.4 cm³/mol. The first-order valence-electron chi connectivity index (χ1n) is 8.21. The van der Waals surface area contributed by atoms with E-state index in [1.54, 1.807) is 6.33 Å². The van der Waals surface area contributed by atoms with Crippen LogP contribution in [-0.4, -0.2) is 30.8 Å². The Morgan fingerprint density at radius 3 is 2.77 bits per heavy atom. The molecule has 0 bridgehead atoms.